The maximum absolute atomic E-state index is 12.3. The van der Waals surface area contributed by atoms with Crippen LogP contribution in [-0.4, -0.2) is 23.5 Å². The average Bonchev–Trinajstić information content (AvgIpc) is 2.81. The van der Waals surface area contributed by atoms with Crippen molar-refractivity contribution in [3.05, 3.63) is 41.5 Å². The molecule has 1 N–H and O–H groups in total. The normalized spacial score (nSPS) is 19.6. The molecular formula is C16H17NO3S. The van der Waals surface area contributed by atoms with Crippen molar-refractivity contribution in [2.75, 3.05) is 6.61 Å². The van der Waals surface area contributed by atoms with Crippen LogP contribution in [-0.2, 0) is 9.53 Å². The fraction of sp³-hybridized carbons (Fsp3) is 0.312. The summed E-state index contributed by atoms with van der Waals surface area (Å²) in [4.78, 5) is 23.9. The van der Waals surface area contributed by atoms with E-state index in [-0.39, 0.29) is 17.4 Å². The van der Waals surface area contributed by atoms with Gasteiger partial charge in [-0.25, -0.2) is 4.79 Å². The van der Waals surface area contributed by atoms with Crippen LogP contribution in [0.15, 0.2) is 35.9 Å². The van der Waals surface area contributed by atoms with Crippen LogP contribution in [0.1, 0.15) is 25.3 Å². The number of ketones is 1. The number of carbonyl (C=O) groups is 2. The number of carbonyl (C=O) groups excluding carboxylic acids is 2. The van der Waals surface area contributed by atoms with Crippen molar-refractivity contribution < 1.29 is 14.3 Å². The third-order valence-electron chi connectivity index (χ3n) is 3.29. The van der Waals surface area contributed by atoms with Crippen LogP contribution in [0.2, 0.25) is 0 Å². The molecule has 1 unspecified atom stereocenters. The van der Waals surface area contributed by atoms with Crippen LogP contribution in [0, 0.1) is 5.92 Å². The summed E-state index contributed by atoms with van der Waals surface area (Å²) in [5, 5.41) is 2.46. The number of hydrogen-bond acceptors (Lipinski definition) is 4. The molecule has 110 valence electrons. The van der Waals surface area contributed by atoms with Gasteiger partial charge >= 0.3 is 6.09 Å². The number of nitrogens with one attached hydrogen (secondary N) is 1. The fourth-order valence-corrected chi connectivity index (χ4v) is 2.58. The Morgan fingerprint density at radius 1 is 1.43 bits per heavy atom. The van der Waals surface area contributed by atoms with E-state index in [9.17, 15) is 9.59 Å². The molecule has 1 aliphatic rings. The van der Waals surface area contributed by atoms with Crippen molar-refractivity contribution in [3.63, 3.8) is 0 Å². The minimum atomic E-state index is -0.601. The van der Waals surface area contributed by atoms with Gasteiger partial charge < -0.3 is 4.74 Å². The summed E-state index contributed by atoms with van der Waals surface area (Å²) in [5.41, 5.74) is 1.74. The van der Waals surface area contributed by atoms with Crippen molar-refractivity contribution in [1.82, 2.24) is 5.32 Å². The summed E-state index contributed by atoms with van der Waals surface area (Å²) < 4.78 is 4.77. The lowest BCUT2D eigenvalue weighted by Crippen LogP contribution is -2.36. The highest BCUT2D eigenvalue weighted by Gasteiger charge is 2.33. The topological polar surface area (TPSA) is 55.4 Å². The van der Waals surface area contributed by atoms with E-state index < -0.39 is 12.0 Å². The molecule has 5 heteroatoms. The summed E-state index contributed by atoms with van der Waals surface area (Å²) in [6.07, 6.45) is 2.58. The summed E-state index contributed by atoms with van der Waals surface area (Å²) in [5.74, 6) is -0.444. The highest BCUT2D eigenvalue weighted by molar-refractivity contribution is 7.80. The second kappa shape index (κ2) is 7.13. The second-order valence-corrected chi connectivity index (χ2v) is 5.19. The number of alkyl carbamates (subject to hydrolysis) is 1. The Hall–Kier alpha value is -2.01. The van der Waals surface area contributed by atoms with E-state index >= 15 is 0 Å². The Morgan fingerprint density at radius 2 is 2.14 bits per heavy atom. The van der Waals surface area contributed by atoms with Gasteiger partial charge in [-0.05, 0) is 37.0 Å². The van der Waals surface area contributed by atoms with Crippen LogP contribution in [0.25, 0.3) is 6.08 Å². The Balaban J connectivity index is 2.03. The summed E-state index contributed by atoms with van der Waals surface area (Å²) >= 11 is 5.14. The number of hydrogen-bond donors (Lipinski definition) is 1. The van der Waals surface area contributed by atoms with Gasteiger partial charge in [0.15, 0.2) is 5.78 Å². The van der Waals surface area contributed by atoms with E-state index in [1.54, 1.807) is 6.92 Å². The van der Waals surface area contributed by atoms with Crippen molar-refractivity contribution in [2.45, 2.75) is 19.8 Å². The number of thiocarbonyl (C=S) groups is 1. The molecule has 1 saturated carbocycles. The minimum Gasteiger partial charge on any atom is -0.450 e. The quantitative estimate of drug-likeness (QED) is 0.688. The highest BCUT2D eigenvalue weighted by atomic mass is 32.1. The van der Waals surface area contributed by atoms with Gasteiger partial charge in [0.25, 0.3) is 0 Å². The molecule has 0 saturated heterocycles. The van der Waals surface area contributed by atoms with E-state index in [2.05, 4.69) is 5.32 Å². The zero-order valence-corrected chi connectivity index (χ0v) is 12.6. The molecule has 0 spiro atoms. The number of rotatable bonds is 3. The first-order valence-electron chi connectivity index (χ1n) is 6.89. The van der Waals surface area contributed by atoms with Crippen LogP contribution >= 0.6 is 12.2 Å². The first kappa shape index (κ1) is 15.4. The molecule has 0 bridgehead atoms. The molecule has 0 radical (unpaired) electrons. The van der Waals surface area contributed by atoms with Gasteiger partial charge in [0.2, 0.25) is 0 Å². The molecule has 21 heavy (non-hydrogen) atoms. The molecule has 4 nitrogen and oxygen atoms in total. The Morgan fingerprint density at radius 3 is 2.81 bits per heavy atom. The highest BCUT2D eigenvalue weighted by Crippen LogP contribution is 2.29. The van der Waals surface area contributed by atoms with E-state index in [0.29, 0.717) is 12.8 Å². The Kier molecular flexibility index (Phi) is 5.22. The lowest BCUT2D eigenvalue weighted by molar-refractivity contribution is -0.116. The van der Waals surface area contributed by atoms with Crippen molar-refractivity contribution in [1.29, 1.82) is 0 Å². The largest absolute Gasteiger partial charge is 0.450 e. The minimum absolute atomic E-state index is 0.0133. The number of amides is 1. The third kappa shape index (κ3) is 3.98. The maximum atomic E-state index is 12.3. The molecule has 1 fully saturated rings. The summed E-state index contributed by atoms with van der Waals surface area (Å²) in [6.45, 7) is 1.98. The lowest BCUT2D eigenvalue weighted by Gasteiger charge is -2.10. The number of Topliss-reactive ketones (excluding diaryl/α,β-unsaturated/α-hetero) is 1. The Bertz CT molecular complexity index is 580. The molecule has 1 amide bonds. The van der Waals surface area contributed by atoms with Gasteiger partial charge in [0.1, 0.15) is 0 Å². The molecule has 1 aliphatic carbocycles. The number of benzene rings is 1. The number of allylic oxidation sites excluding steroid dienone is 1. The zero-order chi connectivity index (χ0) is 15.2. The second-order valence-electron chi connectivity index (χ2n) is 4.75. The van der Waals surface area contributed by atoms with E-state index in [1.807, 2.05) is 36.4 Å². The van der Waals surface area contributed by atoms with E-state index in [1.165, 1.54) is 0 Å². The fourth-order valence-electron chi connectivity index (χ4n) is 2.28. The van der Waals surface area contributed by atoms with E-state index in [0.717, 1.165) is 11.1 Å². The molecule has 0 aliphatic heterocycles. The smallest absolute Gasteiger partial charge is 0.412 e. The van der Waals surface area contributed by atoms with Crippen LogP contribution in [0.4, 0.5) is 4.79 Å². The molecule has 0 heterocycles. The van der Waals surface area contributed by atoms with Gasteiger partial charge in [-0.3, -0.25) is 10.1 Å². The zero-order valence-electron chi connectivity index (χ0n) is 11.8. The first-order valence-corrected chi connectivity index (χ1v) is 7.30. The monoisotopic (exact) mass is 303 g/mol. The maximum Gasteiger partial charge on any atom is 0.412 e. The molecule has 1 aromatic carbocycles. The predicted octanol–water partition coefficient (Wildman–Crippen LogP) is 3.12. The third-order valence-corrected chi connectivity index (χ3v) is 3.68. The van der Waals surface area contributed by atoms with Gasteiger partial charge in [-0.15, -0.1) is 0 Å². The van der Waals surface area contributed by atoms with Gasteiger partial charge in [0.05, 0.1) is 17.5 Å². The van der Waals surface area contributed by atoms with Crippen molar-refractivity contribution in [2.24, 2.45) is 5.92 Å². The SMILES string of the molecule is CCOC(=O)NC(=S)C1CC/C(=C/c2ccccc2)C1=O. The summed E-state index contributed by atoms with van der Waals surface area (Å²) in [7, 11) is 0. The van der Waals surface area contributed by atoms with Crippen LogP contribution < -0.4 is 5.32 Å². The van der Waals surface area contributed by atoms with Gasteiger partial charge in [0, 0.05) is 0 Å². The van der Waals surface area contributed by atoms with Crippen LogP contribution in [0.3, 0.4) is 0 Å². The molecule has 2 rings (SSSR count). The molecular weight excluding hydrogens is 286 g/mol. The van der Waals surface area contributed by atoms with Gasteiger partial charge in [-0.1, -0.05) is 42.5 Å². The van der Waals surface area contributed by atoms with E-state index in [4.69, 9.17) is 17.0 Å². The number of ether oxygens (including phenoxy) is 1. The molecule has 1 aromatic rings. The lowest BCUT2D eigenvalue weighted by atomic mass is 10.0. The predicted molar refractivity (Wildman–Crippen MR) is 84.9 cm³/mol. The molecule has 1 atom stereocenters. The molecule has 0 aromatic heterocycles. The standard InChI is InChI=1S/C16H17NO3S/c1-2-20-16(19)17-15(21)13-9-8-12(14(13)18)10-11-6-4-3-5-7-11/h3-7,10,13H,2,8-9H2,1H3,(H,17,19,21)/b12-10-. The van der Waals surface area contributed by atoms with Gasteiger partial charge in [-0.2, -0.15) is 0 Å². The van der Waals surface area contributed by atoms with Crippen molar-refractivity contribution in [3.8, 4) is 0 Å². The van der Waals surface area contributed by atoms with Crippen LogP contribution in [0.5, 0.6) is 0 Å². The summed E-state index contributed by atoms with van der Waals surface area (Å²) in [6, 6.07) is 9.68. The van der Waals surface area contributed by atoms with Crippen molar-refractivity contribution >= 4 is 35.2 Å². The Labute approximate surface area is 129 Å². The first-order chi connectivity index (χ1) is 10.1. The average molecular weight is 303 g/mol.